The Bertz CT molecular complexity index is 1250. The minimum absolute atomic E-state index is 0.240. The standard InChI is InChI=1S/C30H33FN2O3/c1-4-23-16-25(6-7-26(23)17-33-14-13-27(18-33)30(34)35)21(3)32-36-19-22-5-12-29(20(2)15-22)24-8-10-28(31)11-9-24/h5-12,15-16,27H,4,13-14,17-19H2,1-3H3,(H,34,35)/b32-21+/t27-/m0/s1. The quantitative estimate of drug-likeness (QED) is 0.287. The van der Waals surface area contributed by atoms with E-state index in [0.29, 0.717) is 19.6 Å². The molecule has 1 atom stereocenters. The summed E-state index contributed by atoms with van der Waals surface area (Å²) < 4.78 is 13.2. The summed E-state index contributed by atoms with van der Waals surface area (Å²) in [5.41, 5.74) is 8.47. The minimum Gasteiger partial charge on any atom is -0.481 e. The van der Waals surface area contributed by atoms with Crippen LogP contribution in [0.15, 0.2) is 65.8 Å². The van der Waals surface area contributed by atoms with Crippen molar-refractivity contribution >= 4 is 11.7 Å². The van der Waals surface area contributed by atoms with Crippen molar-refractivity contribution in [3.8, 4) is 11.1 Å². The van der Waals surface area contributed by atoms with Gasteiger partial charge in [0.15, 0.2) is 0 Å². The second-order valence-electron chi connectivity index (χ2n) is 9.50. The van der Waals surface area contributed by atoms with Crippen molar-refractivity contribution in [2.24, 2.45) is 11.1 Å². The van der Waals surface area contributed by atoms with Gasteiger partial charge in [-0.25, -0.2) is 4.39 Å². The van der Waals surface area contributed by atoms with Crippen molar-refractivity contribution in [3.05, 3.63) is 94.3 Å². The van der Waals surface area contributed by atoms with Gasteiger partial charge in [-0.05, 0) is 90.4 Å². The summed E-state index contributed by atoms with van der Waals surface area (Å²) in [5.74, 6) is -1.20. The highest BCUT2D eigenvalue weighted by molar-refractivity contribution is 5.98. The van der Waals surface area contributed by atoms with Crippen molar-refractivity contribution in [1.29, 1.82) is 0 Å². The largest absolute Gasteiger partial charge is 0.481 e. The first-order chi connectivity index (χ1) is 17.3. The second-order valence-corrected chi connectivity index (χ2v) is 9.50. The zero-order chi connectivity index (χ0) is 25.7. The van der Waals surface area contributed by atoms with Crippen LogP contribution in [-0.4, -0.2) is 34.8 Å². The molecule has 0 radical (unpaired) electrons. The van der Waals surface area contributed by atoms with Gasteiger partial charge < -0.3 is 9.94 Å². The van der Waals surface area contributed by atoms with Gasteiger partial charge >= 0.3 is 5.97 Å². The number of hydrogen-bond donors (Lipinski definition) is 1. The van der Waals surface area contributed by atoms with E-state index in [1.807, 2.05) is 26.0 Å². The van der Waals surface area contributed by atoms with E-state index in [1.165, 1.54) is 23.3 Å². The van der Waals surface area contributed by atoms with Crippen molar-refractivity contribution < 1.29 is 19.1 Å². The van der Waals surface area contributed by atoms with Gasteiger partial charge in [0.2, 0.25) is 0 Å². The van der Waals surface area contributed by atoms with Crippen molar-refractivity contribution in [2.75, 3.05) is 13.1 Å². The molecule has 36 heavy (non-hydrogen) atoms. The van der Waals surface area contributed by atoms with Crippen LogP contribution in [0.25, 0.3) is 11.1 Å². The van der Waals surface area contributed by atoms with Gasteiger partial charge in [-0.3, -0.25) is 9.69 Å². The molecule has 0 bridgehead atoms. The number of nitrogens with zero attached hydrogens (tertiary/aromatic N) is 2. The molecule has 1 heterocycles. The fourth-order valence-corrected chi connectivity index (χ4v) is 4.78. The zero-order valence-corrected chi connectivity index (χ0v) is 21.1. The Morgan fingerprint density at radius 2 is 1.89 bits per heavy atom. The third kappa shape index (κ3) is 6.18. The SMILES string of the molecule is CCc1cc(/C(C)=N/OCc2ccc(-c3ccc(F)cc3)c(C)c2)ccc1CN1CC[C@H](C(=O)O)C1. The van der Waals surface area contributed by atoms with Gasteiger partial charge in [0, 0.05) is 13.1 Å². The normalized spacial score (nSPS) is 16.3. The summed E-state index contributed by atoms with van der Waals surface area (Å²) >= 11 is 0. The number of aliphatic carboxylic acids is 1. The number of halogens is 1. The highest BCUT2D eigenvalue weighted by Crippen LogP contribution is 2.25. The monoisotopic (exact) mass is 488 g/mol. The summed E-state index contributed by atoms with van der Waals surface area (Å²) in [6, 6.07) is 19.0. The molecule has 1 saturated heterocycles. The minimum atomic E-state index is -0.700. The first kappa shape index (κ1) is 25.6. The smallest absolute Gasteiger partial charge is 0.307 e. The Morgan fingerprint density at radius 1 is 1.11 bits per heavy atom. The fraction of sp³-hybridized carbons (Fsp3) is 0.333. The molecule has 3 aromatic carbocycles. The molecule has 188 valence electrons. The maximum atomic E-state index is 13.2. The molecule has 0 amide bonds. The van der Waals surface area contributed by atoms with Crippen LogP contribution < -0.4 is 0 Å². The number of rotatable bonds is 9. The van der Waals surface area contributed by atoms with E-state index in [9.17, 15) is 14.3 Å². The average Bonchev–Trinajstić information content (AvgIpc) is 3.34. The molecule has 6 heteroatoms. The van der Waals surface area contributed by atoms with Gasteiger partial charge in [0.05, 0.1) is 11.6 Å². The second kappa shape index (κ2) is 11.5. The van der Waals surface area contributed by atoms with Crippen LogP contribution in [0.2, 0.25) is 0 Å². The molecule has 1 aliphatic rings. The van der Waals surface area contributed by atoms with Crippen LogP contribution in [0.1, 0.15) is 48.1 Å². The molecule has 1 fully saturated rings. The molecule has 1 N–H and O–H groups in total. The first-order valence-electron chi connectivity index (χ1n) is 12.4. The highest BCUT2D eigenvalue weighted by Gasteiger charge is 2.28. The summed E-state index contributed by atoms with van der Waals surface area (Å²) in [6.07, 6.45) is 1.61. The Kier molecular flexibility index (Phi) is 8.16. The number of carboxylic acids is 1. The van der Waals surface area contributed by atoms with E-state index in [0.717, 1.165) is 53.0 Å². The number of likely N-dealkylation sites (tertiary alicyclic amines) is 1. The number of aryl methyl sites for hydroxylation is 2. The van der Waals surface area contributed by atoms with Crippen LogP contribution in [0.5, 0.6) is 0 Å². The first-order valence-corrected chi connectivity index (χ1v) is 12.4. The predicted molar refractivity (Wildman–Crippen MR) is 140 cm³/mol. The third-order valence-corrected chi connectivity index (χ3v) is 6.90. The number of carbonyl (C=O) groups is 1. The molecule has 3 aromatic rings. The lowest BCUT2D eigenvalue weighted by Crippen LogP contribution is -2.23. The molecule has 1 aliphatic heterocycles. The lowest BCUT2D eigenvalue weighted by molar-refractivity contribution is -0.141. The Morgan fingerprint density at radius 3 is 2.56 bits per heavy atom. The third-order valence-electron chi connectivity index (χ3n) is 6.90. The predicted octanol–water partition coefficient (Wildman–Crippen LogP) is 6.21. The summed E-state index contributed by atoms with van der Waals surface area (Å²) in [7, 11) is 0. The molecular weight excluding hydrogens is 455 g/mol. The van der Waals surface area contributed by atoms with Crippen LogP contribution >= 0.6 is 0 Å². The van der Waals surface area contributed by atoms with Crippen LogP contribution in [0.4, 0.5) is 4.39 Å². The molecular formula is C30H33FN2O3. The van der Waals surface area contributed by atoms with Gasteiger partial charge in [-0.2, -0.15) is 0 Å². The number of oxime groups is 1. The Labute approximate surface area is 212 Å². The van der Waals surface area contributed by atoms with E-state index in [2.05, 4.69) is 41.2 Å². The van der Waals surface area contributed by atoms with Crippen molar-refractivity contribution in [1.82, 2.24) is 4.90 Å². The maximum Gasteiger partial charge on any atom is 0.307 e. The molecule has 0 aromatic heterocycles. The van der Waals surface area contributed by atoms with Crippen LogP contribution in [0, 0.1) is 18.7 Å². The van der Waals surface area contributed by atoms with Crippen LogP contribution in [-0.2, 0) is 29.2 Å². The molecule has 4 rings (SSSR count). The maximum absolute atomic E-state index is 13.2. The molecule has 5 nitrogen and oxygen atoms in total. The van der Waals surface area contributed by atoms with E-state index in [4.69, 9.17) is 4.84 Å². The fourth-order valence-electron chi connectivity index (χ4n) is 4.78. The number of hydrogen-bond acceptors (Lipinski definition) is 4. The average molecular weight is 489 g/mol. The molecule has 0 aliphatic carbocycles. The van der Waals surface area contributed by atoms with Crippen LogP contribution in [0.3, 0.4) is 0 Å². The lowest BCUT2D eigenvalue weighted by atomic mass is 9.99. The number of carboxylic acid groups (broad SMARTS) is 1. The van der Waals surface area contributed by atoms with E-state index in [1.54, 1.807) is 12.1 Å². The molecule has 0 spiro atoms. The van der Waals surface area contributed by atoms with Gasteiger partial charge in [0.25, 0.3) is 0 Å². The topological polar surface area (TPSA) is 62.1 Å². The lowest BCUT2D eigenvalue weighted by Gasteiger charge is -2.18. The molecule has 0 saturated carbocycles. The van der Waals surface area contributed by atoms with Crippen molar-refractivity contribution in [2.45, 2.75) is 46.8 Å². The summed E-state index contributed by atoms with van der Waals surface area (Å²) in [6.45, 7) is 8.67. The van der Waals surface area contributed by atoms with Crippen molar-refractivity contribution in [3.63, 3.8) is 0 Å². The zero-order valence-electron chi connectivity index (χ0n) is 21.1. The summed E-state index contributed by atoms with van der Waals surface area (Å²) in [5, 5.41) is 13.6. The Hall–Kier alpha value is -3.51. The number of benzene rings is 3. The Balaban J connectivity index is 1.38. The van der Waals surface area contributed by atoms with E-state index in [-0.39, 0.29) is 11.7 Å². The van der Waals surface area contributed by atoms with Gasteiger partial charge in [-0.15, -0.1) is 0 Å². The van der Waals surface area contributed by atoms with E-state index >= 15 is 0 Å². The van der Waals surface area contributed by atoms with Gasteiger partial charge in [0.1, 0.15) is 12.4 Å². The molecule has 0 unspecified atom stereocenters. The van der Waals surface area contributed by atoms with E-state index < -0.39 is 5.97 Å². The summed E-state index contributed by atoms with van der Waals surface area (Å²) in [4.78, 5) is 19.2. The highest BCUT2D eigenvalue weighted by atomic mass is 19.1. The van der Waals surface area contributed by atoms with Gasteiger partial charge in [-0.1, -0.05) is 54.5 Å².